The van der Waals surface area contributed by atoms with E-state index < -0.39 is 0 Å². The Kier molecular flexibility index (Phi) is 6.47. The van der Waals surface area contributed by atoms with Crippen molar-refractivity contribution in [3.8, 4) is 0 Å². The lowest BCUT2D eigenvalue weighted by Gasteiger charge is -2.21. The van der Waals surface area contributed by atoms with Crippen LogP contribution < -0.4 is 4.90 Å². The number of benzene rings is 2. The van der Waals surface area contributed by atoms with E-state index in [9.17, 15) is 4.79 Å². The average Bonchev–Trinajstić information content (AvgIpc) is 3.03. The Morgan fingerprint density at radius 1 is 1.00 bits per heavy atom. The van der Waals surface area contributed by atoms with Crippen molar-refractivity contribution in [2.45, 2.75) is 33.6 Å². The second kappa shape index (κ2) is 8.84. The van der Waals surface area contributed by atoms with Crippen molar-refractivity contribution in [3.63, 3.8) is 0 Å². The predicted molar refractivity (Wildman–Crippen MR) is 120 cm³/mol. The number of rotatable bonds is 7. The van der Waals surface area contributed by atoms with Gasteiger partial charge in [-0.3, -0.25) is 9.69 Å². The molecule has 0 saturated heterocycles. The third kappa shape index (κ3) is 4.97. The van der Waals surface area contributed by atoms with Gasteiger partial charge in [0.15, 0.2) is 5.13 Å². The van der Waals surface area contributed by atoms with E-state index in [-0.39, 0.29) is 5.91 Å². The Bertz CT molecular complexity index is 977. The number of aromatic nitrogens is 1. The van der Waals surface area contributed by atoms with Crippen LogP contribution >= 0.6 is 11.3 Å². The lowest BCUT2D eigenvalue weighted by atomic mass is 10.0. The van der Waals surface area contributed by atoms with Gasteiger partial charge in [0, 0.05) is 6.54 Å². The normalized spacial score (nSPS) is 11.4. The number of aryl methyl sites for hydroxylation is 3. The van der Waals surface area contributed by atoms with Gasteiger partial charge in [0.2, 0.25) is 5.91 Å². The Balaban J connectivity index is 1.87. The molecule has 1 amide bonds. The Morgan fingerprint density at radius 3 is 2.43 bits per heavy atom. The van der Waals surface area contributed by atoms with Crippen LogP contribution in [0, 0.1) is 20.8 Å². The van der Waals surface area contributed by atoms with Gasteiger partial charge in [0.1, 0.15) is 0 Å². The molecule has 0 aliphatic carbocycles. The first-order valence-electron chi connectivity index (χ1n) is 9.72. The van der Waals surface area contributed by atoms with Crippen LogP contribution in [0.25, 0.3) is 10.2 Å². The highest BCUT2D eigenvalue weighted by Gasteiger charge is 2.20. The quantitative estimate of drug-likeness (QED) is 0.579. The highest BCUT2D eigenvalue weighted by atomic mass is 32.1. The van der Waals surface area contributed by atoms with Crippen molar-refractivity contribution < 1.29 is 4.79 Å². The summed E-state index contributed by atoms with van der Waals surface area (Å²) in [6, 6.07) is 12.5. The molecule has 0 bridgehead atoms. The molecule has 148 valence electrons. The fraction of sp³-hybridized carbons (Fsp3) is 0.391. The molecular formula is C23H29N3OS. The number of fused-ring (bicyclic) bond motifs is 1. The van der Waals surface area contributed by atoms with Gasteiger partial charge in [0.05, 0.1) is 16.6 Å². The van der Waals surface area contributed by atoms with Crippen molar-refractivity contribution in [2.75, 3.05) is 32.1 Å². The lowest BCUT2D eigenvalue weighted by molar-refractivity contribution is -0.118. The summed E-state index contributed by atoms with van der Waals surface area (Å²) in [5, 5.41) is 0.800. The maximum absolute atomic E-state index is 13.2. The molecule has 2 aromatic carbocycles. The predicted octanol–water partition coefficient (Wildman–Crippen LogP) is 4.75. The Hall–Kier alpha value is -2.24. The van der Waals surface area contributed by atoms with Crippen molar-refractivity contribution in [1.82, 2.24) is 9.88 Å². The molecule has 5 heteroatoms. The number of hydrogen-bond acceptors (Lipinski definition) is 4. The number of nitrogens with zero attached hydrogens (tertiary/aromatic N) is 3. The molecule has 0 unspecified atom stereocenters. The first-order valence-corrected chi connectivity index (χ1v) is 10.5. The molecule has 0 spiro atoms. The van der Waals surface area contributed by atoms with Crippen molar-refractivity contribution in [2.24, 2.45) is 0 Å². The molecule has 1 aromatic heterocycles. The summed E-state index contributed by atoms with van der Waals surface area (Å²) in [6.07, 6.45) is 1.32. The van der Waals surface area contributed by atoms with E-state index in [1.807, 2.05) is 11.0 Å². The van der Waals surface area contributed by atoms with Crippen LogP contribution in [0.3, 0.4) is 0 Å². The van der Waals surface area contributed by atoms with Crippen molar-refractivity contribution in [3.05, 3.63) is 58.7 Å². The molecule has 0 aliphatic heterocycles. The van der Waals surface area contributed by atoms with Crippen LogP contribution in [0.5, 0.6) is 0 Å². The fourth-order valence-corrected chi connectivity index (χ4v) is 4.42. The maximum Gasteiger partial charge on any atom is 0.233 e. The molecule has 28 heavy (non-hydrogen) atoms. The largest absolute Gasteiger partial charge is 0.309 e. The van der Waals surface area contributed by atoms with Gasteiger partial charge in [-0.1, -0.05) is 41.2 Å². The van der Waals surface area contributed by atoms with Crippen LogP contribution in [0.2, 0.25) is 0 Å². The second-order valence-electron chi connectivity index (χ2n) is 7.78. The number of anilines is 1. The highest BCUT2D eigenvalue weighted by Crippen LogP contribution is 2.30. The van der Waals surface area contributed by atoms with E-state index in [0.29, 0.717) is 13.0 Å². The van der Waals surface area contributed by atoms with E-state index >= 15 is 0 Å². The molecule has 0 aliphatic rings. The van der Waals surface area contributed by atoms with E-state index in [1.165, 1.54) is 16.7 Å². The van der Waals surface area contributed by atoms with Gasteiger partial charge in [-0.2, -0.15) is 0 Å². The molecule has 0 atom stereocenters. The SMILES string of the molecule is Cc1ccc(CC(=O)N(CCCN(C)C)c2nc3ccc(C)cc3s2)c(C)c1. The van der Waals surface area contributed by atoms with E-state index in [2.05, 4.69) is 70.1 Å². The van der Waals surface area contributed by atoms with Gasteiger partial charge < -0.3 is 4.90 Å². The maximum atomic E-state index is 13.2. The standard InChI is InChI=1S/C23H29N3OS/c1-16-7-9-19(18(3)13-16)15-22(27)26(12-6-11-25(4)5)23-24-20-10-8-17(2)14-21(20)28-23/h7-10,13-14H,6,11-12,15H2,1-5H3. The summed E-state index contributed by atoms with van der Waals surface area (Å²) in [7, 11) is 4.12. The first kappa shape index (κ1) is 20.5. The fourth-order valence-electron chi connectivity index (χ4n) is 3.31. The zero-order valence-corrected chi connectivity index (χ0v) is 18.3. The summed E-state index contributed by atoms with van der Waals surface area (Å²) < 4.78 is 1.13. The second-order valence-corrected chi connectivity index (χ2v) is 8.79. The summed E-state index contributed by atoms with van der Waals surface area (Å²) in [5.74, 6) is 0.112. The molecule has 4 nitrogen and oxygen atoms in total. The minimum absolute atomic E-state index is 0.112. The van der Waals surface area contributed by atoms with Crippen LogP contribution in [-0.2, 0) is 11.2 Å². The van der Waals surface area contributed by atoms with Gasteiger partial charge in [-0.15, -0.1) is 0 Å². The van der Waals surface area contributed by atoms with Crippen molar-refractivity contribution >= 4 is 32.6 Å². The van der Waals surface area contributed by atoms with E-state index in [1.54, 1.807) is 11.3 Å². The first-order chi connectivity index (χ1) is 13.3. The number of amides is 1. The molecule has 0 N–H and O–H groups in total. The van der Waals surface area contributed by atoms with Gasteiger partial charge in [-0.25, -0.2) is 4.98 Å². The summed E-state index contributed by atoms with van der Waals surface area (Å²) in [4.78, 5) is 22.0. The Labute approximate surface area is 171 Å². The molecular weight excluding hydrogens is 366 g/mol. The van der Waals surface area contributed by atoms with Crippen LogP contribution in [0.1, 0.15) is 28.7 Å². The number of carbonyl (C=O) groups is 1. The van der Waals surface area contributed by atoms with Gasteiger partial charge in [-0.05, 0) is 76.7 Å². The summed E-state index contributed by atoms with van der Waals surface area (Å²) in [6.45, 7) is 7.86. The molecule has 0 saturated carbocycles. The van der Waals surface area contributed by atoms with Crippen molar-refractivity contribution in [1.29, 1.82) is 0 Å². The Morgan fingerprint density at radius 2 is 1.71 bits per heavy atom. The van der Waals surface area contributed by atoms with E-state index in [4.69, 9.17) is 4.98 Å². The molecule has 1 heterocycles. The minimum atomic E-state index is 0.112. The number of carbonyl (C=O) groups excluding carboxylic acids is 1. The third-order valence-corrected chi connectivity index (χ3v) is 5.93. The lowest BCUT2D eigenvalue weighted by Crippen LogP contribution is -2.34. The summed E-state index contributed by atoms with van der Waals surface area (Å²) in [5.41, 5.74) is 5.65. The minimum Gasteiger partial charge on any atom is -0.309 e. The topological polar surface area (TPSA) is 36.4 Å². The van der Waals surface area contributed by atoms with Crippen LogP contribution in [0.4, 0.5) is 5.13 Å². The van der Waals surface area contributed by atoms with Gasteiger partial charge in [0.25, 0.3) is 0 Å². The number of thiazole rings is 1. The van der Waals surface area contributed by atoms with E-state index in [0.717, 1.165) is 33.9 Å². The zero-order chi connectivity index (χ0) is 20.3. The molecule has 0 radical (unpaired) electrons. The smallest absolute Gasteiger partial charge is 0.233 e. The van der Waals surface area contributed by atoms with Crippen LogP contribution in [0.15, 0.2) is 36.4 Å². The average molecular weight is 396 g/mol. The summed E-state index contributed by atoms with van der Waals surface area (Å²) >= 11 is 1.60. The molecule has 3 aromatic rings. The molecule has 3 rings (SSSR count). The third-order valence-electron chi connectivity index (χ3n) is 4.89. The van der Waals surface area contributed by atoms with Gasteiger partial charge >= 0.3 is 0 Å². The van der Waals surface area contributed by atoms with Crippen LogP contribution in [-0.4, -0.2) is 43.0 Å². The highest BCUT2D eigenvalue weighted by molar-refractivity contribution is 7.22. The zero-order valence-electron chi connectivity index (χ0n) is 17.5. The molecule has 0 fully saturated rings. The number of hydrogen-bond donors (Lipinski definition) is 0. The monoisotopic (exact) mass is 395 g/mol.